The lowest BCUT2D eigenvalue weighted by Gasteiger charge is -2.12. The average molecular weight is 392 g/mol. The standard InChI is InChI=1S/C22H24N4O3/c1-3-29-21(27)18-9-4-5-10-19(18)25-20-12-14-24-22(26-20)23-13-11-16-7-6-8-17(15-16)28-2/h4-10,12,14-15H,3,11,13H2,1-2H3,(H2,23,24,25,26). The smallest absolute Gasteiger partial charge is 0.340 e. The van der Waals surface area contributed by atoms with Crippen LogP contribution in [-0.4, -0.2) is 36.2 Å². The fourth-order valence-corrected chi connectivity index (χ4v) is 2.78. The minimum absolute atomic E-state index is 0.321. The molecule has 0 aliphatic heterocycles. The second-order valence-electron chi connectivity index (χ2n) is 6.18. The maximum absolute atomic E-state index is 12.1. The van der Waals surface area contributed by atoms with Crippen LogP contribution < -0.4 is 15.4 Å². The van der Waals surface area contributed by atoms with E-state index < -0.39 is 0 Å². The number of carbonyl (C=O) groups excluding carboxylic acids is 1. The lowest BCUT2D eigenvalue weighted by Crippen LogP contribution is -2.10. The molecule has 0 saturated heterocycles. The van der Waals surface area contributed by atoms with Gasteiger partial charge in [0.05, 0.1) is 25.0 Å². The highest BCUT2D eigenvalue weighted by molar-refractivity contribution is 5.96. The topological polar surface area (TPSA) is 85.4 Å². The first-order chi connectivity index (χ1) is 14.2. The highest BCUT2D eigenvalue weighted by Gasteiger charge is 2.12. The summed E-state index contributed by atoms with van der Waals surface area (Å²) in [7, 11) is 1.66. The van der Waals surface area contributed by atoms with Gasteiger partial charge in [-0.3, -0.25) is 0 Å². The number of rotatable bonds is 9. The van der Waals surface area contributed by atoms with Crippen LogP contribution in [0, 0.1) is 0 Å². The Morgan fingerprint density at radius 3 is 2.79 bits per heavy atom. The van der Waals surface area contributed by atoms with Gasteiger partial charge in [0, 0.05) is 12.7 Å². The van der Waals surface area contributed by atoms with Gasteiger partial charge in [-0.25, -0.2) is 9.78 Å². The molecule has 1 heterocycles. The van der Waals surface area contributed by atoms with Crippen LogP contribution in [0.3, 0.4) is 0 Å². The van der Waals surface area contributed by atoms with Crippen LogP contribution in [-0.2, 0) is 11.2 Å². The first-order valence-corrected chi connectivity index (χ1v) is 9.42. The molecular weight excluding hydrogens is 368 g/mol. The fourth-order valence-electron chi connectivity index (χ4n) is 2.78. The molecule has 3 aromatic rings. The molecule has 7 nitrogen and oxygen atoms in total. The molecule has 0 saturated carbocycles. The van der Waals surface area contributed by atoms with Gasteiger partial charge in [-0.15, -0.1) is 0 Å². The summed E-state index contributed by atoms with van der Waals surface area (Å²) < 4.78 is 10.4. The summed E-state index contributed by atoms with van der Waals surface area (Å²) in [6.45, 7) is 2.78. The summed E-state index contributed by atoms with van der Waals surface area (Å²) in [5.74, 6) is 1.55. The van der Waals surface area contributed by atoms with Gasteiger partial charge in [0.2, 0.25) is 5.95 Å². The van der Waals surface area contributed by atoms with E-state index in [4.69, 9.17) is 9.47 Å². The summed E-state index contributed by atoms with van der Waals surface area (Å²) in [5.41, 5.74) is 2.25. The zero-order chi connectivity index (χ0) is 20.5. The predicted molar refractivity (Wildman–Crippen MR) is 113 cm³/mol. The van der Waals surface area contributed by atoms with E-state index in [0.29, 0.717) is 36.2 Å². The summed E-state index contributed by atoms with van der Waals surface area (Å²) in [6, 6.07) is 16.9. The maximum atomic E-state index is 12.1. The molecule has 2 aromatic carbocycles. The van der Waals surface area contributed by atoms with E-state index >= 15 is 0 Å². The minimum Gasteiger partial charge on any atom is -0.497 e. The van der Waals surface area contributed by atoms with Crippen molar-refractivity contribution < 1.29 is 14.3 Å². The molecular formula is C22H24N4O3. The summed E-state index contributed by atoms with van der Waals surface area (Å²) >= 11 is 0. The third-order valence-electron chi connectivity index (χ3n) is 4.17. The van der Waals surface area contributed by atoms with Crippen molar-refractivity contribution in [2.45, 2.75) is 13.3 Å². The molecule has 3 rings (SSSR count). The second-order valence-corrected chi connectivity index (χ2v) is 6.18. The van der Waals surface area contributed by atoms with Crippen molar-refractivity contribution in [2.24, 2.45) is 0 Å². The van der Waals surface area contributed by atoms with Crippen molar-refractivity contribution in [2.75, 3.05) is 30.9 Å². The van der Waals surface area contributed by atoms with Gasteiger partial charge < -0.3 is 20.1 Å². The Morgan fingerprint density at radius 2 is 1.97 bits per heavy atom. The normalized spacial score (nSPS) is 10.3. The quantitative estimate of drug-likeness (QED) is 0.531. The SMILES string of the molecule is CCOC(=O)c1ccccc1Nc1ccnc(NCCc2cccc(OC)c2)n1. The molecule has 0 bridgehead atoms. The highest BCUT2D eigenvalue weighted by Crippen LogP contribution is 2.21. The number of para-hydroxylation sites is 1. The number of nitrogens with one attached hydrogen (secondary N) is 2. The van der Waals surface area contributed by atoms with Gasteiger partial charge in [-0.05, 0) is 49.2 Å². The number of carbonyl (C=O) groups is 1. The Hall–Kier alpha value is -3.61. The number of hydrogen-bond acceptors (Lipinski definition) is 7. The predicted octanol–water partition coefficient (Wildman–Crippen LogP) is 4.06. The van der Waals surface area contributed by atoms with Crippen LogP contribution in [0.5, 0.6) is 5.75 Å². The van der Waals surface area contributed by atoms with Crippen molar-refractivity contribution in [3.63, 3.8) is 0 Å². The van der Waals surface area contributed by atoms with Gasteiger partial charge >= 0.3 is 5.97 Å². The number of anilines is 3. The van der Waals surface area contributed by atoms with E-state index in [1.54, 1.807) is 38.4 Å². The first kappa shape index (κ1) is 20.1. The largest absolute Gasteiger partial charge is 0.497 e. The molecule has 0 atom stereocenters. The first-order valence-electron chi connectivity index (χ1n) is 9.42. The molecule has 2 N–H and O–H groups in total. The van der Waals surface area contributed by atoms with Gasteiger partial charge in [0.25, 0.3) is 0 Å². The summed E-state index contributed by atoms with van der Waals surface area (Å²) in [5, 5.41) is 6.39. The van der Waals surface area contributed by atoms with Crippen molar-refractivity contribution >= 4 is 23.4 Å². The Balaban J connectivity index is 1.63. The molecule has 29 heavy (non-hydrogen) atoms. The Labute approximate surface area is 170 Å². The third-order valence-corrected chi connectivity index (χ3v) is 4.17. The zero-order valence-corrected chi connectivity index (χ0v) is 16.5. The number of hydrogen-bond donors (Lipinski definition) is 2. The average Bonchev–Trinajstić information content (AvgIpc) is 2.75. The van der Waals surface area contributed by atoms with Crippen LogP contribution in [0.1, 0.15) is 22.8 Å². The number of ether oxygens (including phenoxy) is 2. The number of aromatic nitrogens is 2. The van der Waals surface area contributed by atoms with E-state index in [1.807, 2.05) is 30.3 Å². The van der Waals surface area contributed by atoms with E-state index in [9.17, 15) is 4.79 Å². The van der Waals surface area contributed by atoms with Crippen LogP contribution in [0.25, 0.3) is 0 Å². The highest BCUT2D eigenvalue weighted by atomic mass is 16.5. The van der Waals surface area contributed by atoms with Crippen LogP contribution in [0.2, 0.25) is 0 Å². The van der Waals surface area contributed by atoms with Crippen molar-refractivity contribution in [1.29, 1.82) is 0 Å². The molecule has 150 valence electrons. The second kappa shape index (κ2) is 10.1. The number of esters is 1. The van der Waals surface area contributed by atoms with Crippen molar-refractivity contribution in [3.8, 4) is 5.75 Å². The lowest BCUT2D eigenvalue weighted by molar-refractivity contribution is 0.0527. The van der Waals surface area contributed by atoms with E-state index in [0.717, 1.165) is 17.7 Å². The van der Waals surface area contributed by atoms with E-state index in [2.05, 4.69) is 26.7 Å². The lowest BCUT2D eigenvalue weighted by atomic mass is 10.1. The molecule has 0 aliphatic rings. The van der Waals surface area contributed by atoms with Gasteiger partial charge in [-0.2, -0.15) is 4.98 Å². The number of methoxy groups -OCH3 is 1. The van der Waals surface area contributed by atoms with Crippen LogP contribution >= 0.6 is 0 Å². The number of nitrogens with zero attached hydrogens (tertiary/aromatic N) is 2. The maximum Gasteiger partial charge on any atom is 0.340 e. The van der Waals surface area contributed by atoms with Gasteiger partial charge in [0.15, 0.2) is 0 Å². The fraction of sp³-hybridized carbons (Fsp3) is 0.227. The van der Waals surface area contributed by atoms with Crippen LogP contribution in [0.15, 0.2) is 60.8 Å². The van der Waals surface area contributed by atoms with Crippen LogP contribution in [0.4, 0.5) is 17.5 Å². The van der Waals surface area contributed by atoms with Crippen molar-refractivity contribution in [1.82, 2.24) is 9.97 Å². The Morgan fingerprint density at radius 1 is 1.10 bits per heavy atom. The molecule has 0 radical (unpaired) electrons. The van der Waals surface area contributed by atoms with Gasteiger partial charge in [-0.1, -0.05) is 24.3 Å². The molecule has 7 heteroatoms. The molecule has 0 aliphatic carbocycles. The molecule has 0 fully saturated rings. The summed E-state index contributed by atoms with van der Waals surface area (Å²) in [4.78, 5) is 20.9. The third kappa shape index (κ3) is 5.68. The molecule has 0 unspecified atom stereocenters. The molecule has 0 spiro atoms. The molecule has 0 amide bonds. The van der Waals surface area contributed by atoms with Gasteiger partial charge in [0.1, 0.15) is 11.6 Å². The van der Waals surface area contributed by atoms with E-state index in [1.165, 1.54) is 0 Å². The Bertz CT molecular complexity index is 962. The zero-order valence-electron chi connectivity index (χ0n) is 16.5. The van der Waals surface area contributed by atoms with Crippen molar-refractivity contribution in [3.05, 3.63) is 71.9 Å². The Kier molecular flexibility index (Phi) is 7.00. The monoisotopic (exact) mass is 392 g/mol. The molecule has 1 aromatic heterocycles. The minimum atomic E-state index is -0.374. The van der Waals surface area contributed by atoms with E-state index in [-0.39, 0.29) is 5.97 Å². The summed E-state index contributed by atoms with van der Waals surface area (Å²) in [6.07, 6.45) is 2.47. The number of benzene rings is 2.